The van der Waals surface area contributed by atoms with E-state index in [9.17, 15) is 30.4 Å². The summed E-state index contributed by atoms with van der Waals surface area (Å²) >= 11 is 0. The summed E-state index contributed by atoms with van der Waals surface area (Å²) in [5.74, 6) is -1.67. The third-order valence-corrected chi connectivity index (χ3v) is 10.4. The summed E-state index contributed by atoms with van der Waals surface area (Å²) in [6.07, 6.45) is 5.55. The van der Waals surface area contributed by atoms with Gasteiger partial charge in [-0.2, -0.15) is 5.10 Å². The molecule has 0 atom stereocenters. The van der Waals surface area contributed by atoms with Gasteiger partial charge in [0.25, 0.3) is 15.6 Å². The zero-order chi connectivity index (χ0) is 33.1. The summed E-state index contributed by atoms with van der Waals surface area (Å²) in [7, 11) is -5.02. The number of nitrogens with zero attached hydrogens (tertiary/aromatic N) is 4. The molecule has 236 valence electrons. The van der Waals surface area contributed by atoms with Crippen LogP contribution in [-0.2, 0) is 34.0 Å². The summed E-state index contributed by atoms with van der Waals surface area (Å²) in [4.78, 5) is 13.7. The first-order chi connectivity index (χ1) is 21.6. The topological polar surface area (TPSA) is 125 Å². The average Bonchev–Trinajstić information content (AvgIpc) is 3.61. The minimum absolute atomic E-state index is 0.0542. The molecule has 0 aliphatic heterocycles. The maximum atomic E-state index is 14.8. The first-order valence-electron chi connectivity index (χ1n) is 13.8. The van der Waals surface area contributed by atoms with Gasteiger partial charge >= 0.3 is 0 Å². The Morgan fingerprint density at radius 3 is 2.11 bits per heavy atom. The molecule has 3 aromatic heterocycles. The monoisotopic (exact) mass is 663 g/mol. The molecule has 0 fully saturated rings. The van der Waals surface area contributed by atoms with Gasteiger partial charge < -0.3 is 9.88 Å². The summed E-state index contributed by atoms with van der Waals surface area (Å²) in [5, 5.41) is 7.28. The van der Waals surface area contributed by atoms with Crippen molar-refractivity contribution in [3.05, 3.63) is 113 Å². The van der Waals surface area contributed by atoms with Crippen molar-refractivity contribution in [2.24, 2.45) is 14.1 Å². The predicted molar refractivity (Wildman–Crippen MR) is 171 cm³/mol. The smallest absolute Gasteiger partial charge is 0.275 e. The summed E-state index contributed by atoms with van der Waals surface area (Å²) in [6, 6.07) is 14.8. The van der Waals surface area contributed by atoms with Crippen LogP contribution < -0.4 is 10.9 Å². The number of halogens is 2. The second-order valence-corrected chi connectivity index (χ2v) is 14.8. The van der Waals surface area contributed by atoms with E-state index in [0.29, 0.717) is 11.6 Å². The number of hydrogen-bond acceptors (Lipinski definition) is 7. The van der Waals surface area contributed by atoms with E-state index in [1.54, 1.807) is 25.4 Å². The fraction of sp³-hybridized carbons (Fsp3) is 0.125. The van der Waals surface area contributed by atoms with Gasteiger partial charge in [0.2, 0.25) is 0 Å². The Balaban J connectivity index is 1.72. The molecular formula is C32H27F2N5O5S2. The molecule has 14 heteroatoms. The van der Waals surface area contributed by atoms with Crippen LogP contribution >= 0.6 is 0 Å². The van der Waals surface area contributed by atoms with Crippen molar-refractivity contribution in [1.82, 2.24) is 18.3 Å². The number of pyridine rings is 1. The molecule has 0 unspecified atom stereocenters. The molecule has 0 spiro atoms. The molecule has 0 bridgehead atoms. The van der Waals surface area contributed by atoms with Crippen LogP contribution in [0.1, 0.15) is 5.56 Å². The minimum Gasteiger partial charge on any atom is -0.353 e. The number of aromatic nitrogens is 4. The molecular weight excluding hydrogens is 637 g/mol. The second kappa shape index (κ2) is 11.1. The van der Waals surface area contributed by atoms with Crippen molar-refractivity contribution in [3.63, 3.8) is 0 Å². The van der Waals surface area contributed by atoms with Gasteiger partial charge in [0.15, 0.2) is 9.84 Å². The van der Waals surface area contributed by atoms with Crippen molar-refractivity contribution in [1.29, 1.82) is 0 Å². The van der Waals surface area contributed by atoms with Crippen molar-refractivity contribution < 1.29 is 25.6 Å². The van der Waals surface area contributed by atoms with Crippen LogP contribution in [0.5, 0.6) is 0 Å². The van der Waals surface area contributed by atoms with Crippen LogP contribution in [0.4, 0.5) is 20.2 Å². The fourth-order valence-corrected chi connectivity index (χ4v) is 7.42. The van der Waals surface area contributed by atoms with Crippen LogP contribution in [0, 0.1) is 18.6 Å². The van der Waals surface area contributed by atoms with E-state index < -0.39 is 37.1 Å². The molecule has 0 amide bonds. The maximum absolute atomic E-state index is 14.8. The van der Waals surface area contributed by atoms with Crippen LogP contribution in [-0.4, -0.2) is 41.4 Å². The lowest BCUT2D eigenvalue weighted by Crippen LogP contribution is -2.23. The average molecular weight is 664 g/mol. The first-order valence-corrected chi connectivity index (χ1v) is 17.1. The lowest BCUT2D eigenvalue weighted by Gasteiger charge is -2.17. The second-order valence-electron chi connectivity index (χ2n) is 11.0. The largest absolute Gasteiger partial charge is 0.353 e. The highest BCUT2D eigenvalue weighted by atomic mass is 32.2. The fourth-order valence-electron chi connectivity index (χ4n) is 5.25. The number of benzene rings is 3. The zero-order valence-corrected chi connectivity index (χ0v) is 26.6. The molecule has 46 heavy (non-hydrogen) atoms. The highest BCUT2D eigenvalue weighted by molar-refractivity contribution is 7.90. The molecule has 3 aromatic carbocycles. The van der Waals surface area contributed by atoms with Crippen molar-refractivity contribution in [3.8, 4) is 22.4 Å². The Labute approximate surface area is 263 Å². The van der Waals surface area contributed by atoms with Gasteiger partial charge in [-0.05, 0) is 55.5 Å². The zero-order valence-electron chi connectivity index (χ0n) is 25.0. The number of anilines is 2. The van der Waals surface area contributed by atoms with E-state index in [-0.39, 0.29) is 48.9 Å². The Kier molecular flexibility index (Phi) is 7.44. The number of hydrogen-bond donors (Lipinski definition) is 1. The number of sulfone groups is 1. The third kappa shape index (κ3) is 5.39. The molecule has 0 aliphatic carbocycles. The quantitative estimate of drug-likeness (QED) is 0.243. The number of aryl methyl sites for hydroxylation is 3. The Hall–Kier alpha value is -5.08. The Bertz CT molecular complexity index is 2470. The van der Waals surface area contributed by atoms with Crippen LogP contribution in [0.15, 0.2) is 99.9 Å². The van der Waals surface area contributed by atoms with Gasteiger partial charge in [-0.3, -0.25) is 9.48 Å². The summed E-state index contributed by atoms with van der Waals surface area (Å²) in [6.45, 7) is 1.82. The lowest BCUT2D eigenvalue weighted by atomic mass is 10.0. The highest BCUT2D eigenvalue weighted by Crippen LogP contribution is 2.40. The molecule has 0 radical (unpaired) electrons. The molecule has 6 rings (SSSR count). The third-order valence-electron chi connectivity index (χ3n) is 7.56. The van der Waals surface area contributed by atoms with Crippen molar-refractivity contribution in [2.45, 2.75) is 16.7 Å². The molecule has 0 saturated heterocycles. The maximum Gasteiger partial charge on any atom is 0.275 e. The van der Waals surface area contributed by atoms with E-state index in [2.05, 4.69) is 10.4 Å². The van der Waals surface area contributed by atoms with Gasteiger partial charge in [0.1, 0.15) is 17.2 Å². The first kappa shape index (κ1) is 30.9. The van der Waals surface area contributed by atoms with E-state index in [1.165, 1.54) is 71.2 Å². The molecule has 0 aliphatic rings. The van der Waals surface area contributed by atoms with Crippen molar-refractivity contribution in [2.75, 3.05) is 11.6 Å². The van der Waals surface area contributed by atoms with Crippen LogP contribution in [0.2, 0.25) is 0 Å². The number of rotatable bonds is 7. The van der Waals surface area contributed by atoms with Crippen LogP contribution in [0.3, 0.4) is 0 Å². The minimum atomic E-state index is -4.38. The van der Waals surface area contributed by atoms with E-state index >= 15 is 0 Å². The summed E-state index contributed by atoms with van der Waals surface area (Å²) in [5.41, 5.74) is 1.17. The van der Waals surface area contributed by atoms with Gasteiger partial charge in [0.05, 0.1) is 27.4 Å². The van der Waals surface area contributed by atoms with E-state index in [0.717, 1.165) is 21.9 Å². The van der Waals surface area contributed by atoms with Gasteiger partial charge in [0, 0.05) is 66.6 Å². The van der Waals surface area contributed by atoms with E-state index in [4.69, 9.17) is 0 Å². The molecule has 6 aromatic rings. The van der Waals surface area contributed by atoms with E-state index in [1.807, 2.05) is 6.92 Å². The Morgan fingerprint density at radius 1 is 0.804 bits per heavy atom. The normalized spacial score (nSPS) is 12.1. The molecule has 1 N–H and O–H groups in total. The standard InChI is InChI=1S/C32H27F2N5O5S2/c1-19-5-8-22(9-6-19)46(43,44)39-30(20-16-35-38(3)17-20)15-25-26(18-37(2)32(40)31(25)39)24-14-23(45(4,41)42)10-12-28(24)36-29-11-7-21(33)13-27(29)34/h5-18,36H,1-4H3. The molecule has 3 heterocycles. The lowest BCUT2D eigenvalue weighted by molar-refractivity contribution is 0.585. The number of fused-ring (bicyclic) bond motifs is 1. The van der Waals surface area contributed by atoms with Crippen molar-refractivity contribution >= 4 is 42.1 Å². The predicted octanol–water partition coefficient (Wildman–Crippen LogP) is 5.38. The molecule has 10 nitrogen and oxygen atoms in total. The summed E-state index contributed by atoms with van der Waals surface area (Å²) < 4.78 is 86.0. The molecule has 0 saturated carbocycles. The number of nitrogens with one attached hydrogen (secondary N) is 1. The van der Waals surface area contributed by atoms with Gasteiger partial charge in [-0.1, -0.05) is 17.7 Å². The Morgan fingerprint density at radius 2 is 1.48 bits per heavy atom. The SMILES string of the molecule is Cc1ccc(S(=O)(=O)n2c(-c3cnn(C)c3)cc3c(-c4cc(S(C)(=O)=O)ccc4Nc4ccc(F)cc4F)cn(C)c(=O)c32)cc1. The van der Waals surface area contributed by atoms with Gasteiger partial charge in [-0.25, -0.2) is 29.6 Å². The van der Waals surface area contributed by atoms with Gasteiger partial charge in [-0.15, -0.1) is 0 Å². The van der Waals surface area contributed by atoms with Crippen LogP contribution in [0.25, 0.3) is 33.3 Å². The highest BCUT2D eigenvalue weighted by Gasteiger charge is 2.29.